The molecule has 0 saturated carbocycles. The monoisotopic (exact) mass is 207 g/mol. The van der Waals surface area contributed by atoms with Gasteiger partial charge in [0.15, 0.2) is 0 Å². The summed E-state index contributed by atoms with van der Waals surface area (Å²) in [7, 11) is 0. The molecule has 0 fully saturated rings. The molecule has 1 rings (SSSR count). The van der Waals surface area contributed by atoms with Crippen molar-refractivity contribution in [3.05, 3.63) is 34.9 Å². The number of hydrogen-bond donors (Lipinski definition) is 2. The number of benzene rings is 1. The van der Waals surface area contributed by atoms with Gasteiger partial charge in [0.05, 0.1) is 0 Å². The van der Waals surface area contributed by atoms with E-state index in [0.717, 1.165) is 12.8 Å². The summed E-state index contributed by atoms with van der Waals surface area (Å²) in [5.74, 6) is 0.242. The molecule has 1 unspecified atom stereocenters. The van der Waals surface area contributed by atoms with Gasteiger partial charge in [-0.15, -0.1) is 0 Å². The van der Waals surface area contributed by atoms with Gasteiger partial charge >= 0.3 is 0 Å². The lowest BCUT2D eigenvalue weighted by atomic mass is 9.98. The third-order valence-electron chi connectivity index (χ3n) is 3.00. The van der Waals surface area contributed by atoms with Gasteiger partial charge in [0.25, 0.3) is 0 Å². The Bertz CT molecular complexity index is 305. The fourth-order valence-electron chi connectivity index (χ4n) is 1.61. The van der Waals surface area contributed by atoms with Crippen molar-refractivity contribution in [3.8, 4) is 0 Å². The number of aliphatic hydroxyl groups excluding tert-OH is 1. The van der Waals surface area contributed by atoms with Crippen LogP contribution in [0.25, 0.3) is 0 Å². The zero-order valence-corrected chi connectivity index (χ0v) is 9.66. The van der Waals surface area contributed by atoms with Crippen molar-refractivity contribution in [2.45, 2.75) is 26.7 Å². The summed E-state index contributed by atoms with van der Waals surface area (Å²) < 4.78 is 0. The van der Waals surface area contributed by atoms with E-state index in [9.17, 15) is 0 Å². The molecule has 0 spiro atoms. The van der Waals surface area contributed by atoms with E-state index < -0.39 is 0 Å². The van der Waals surface area contributed by atoms with Crippen LogP contribution in [0, 0.1) is 19.8 Å². The molecule has 0 bridgehead atoms. The Morgan fingerprint density at radius 2 is 2.00 bits per heavy atom. The Labute approximate surface area is 92.1 Å². The van der Waals surface area contributed by atoms with Gasteiger partial charge in [-0.2, -0.15) is 0 Å². The van der Waals surface area contributed by atoms with E-state index in [4.69, 9.17) is 10.8 Å². The lowest BCUT2D eigenvalue weighted by molar-refractivity contribution is 0.223. The van der Waals surface area contributed by atoms with Crippen LogP contribution in [0.3, 0.4) is 0 Å². The molecule has 0 amide bonds. The Morgan fingerprint density at radius 3 is 2.53 bits per heavy atom. The van der Waals surface area contributed by atoms with Crippen LogP contribution in [0.2, 0.25) is 0 Å². The van der Waals surface area contributed by atoms with Crippen molar-refractivity contribution in [2.75, 3.05) is 13.2 Å². The van der Waals surface area contributed by atoms with Crippen LogP contribution < -0.4 is 5.73 Å². The van der Waals surface area contributed by atoms with E-state index in [1.807, 2.05) is 0 Å². The molecule has 0 aliphatic rings. The van der Waals surface area contributed by atoms with Crippen LogP contribution in [0.1, 0.15) is 23.1 Å². The van der Waals surface area contributed by atoms with E-state index in [0.29, 0.717) is 6.54 Å². The van der Waals surface area contributed by atoms with Crippen molar-refractivity contribution in [1.29, 1.82) is 0 Å². The molecule has 1 atom stereocenters. The van der Waals surface area contributed by atoms with Gasteiger partial charge in [0, 0.05) is 6.61 Å². The molecule has 0 aliphatic carbocycles. The molecule has 1 aromatic carbocycles. The first-order valence-corrected chi connectivity index (χ1v) is 5.54. The first-order chi connectivity index (χ1) is 7.17. The molecule has 0 aliphatic heterocycles. The Balaban J connectivity index is 2.54. The average Bonchev–Trinajstić information content (AvgIpc) is 2.24. The largest absolute Gasteiger partial charge is 0.396 e. The van der Waals surface area contributed by atoms with Gasteiger partial charge in [-0.25, -0.2) is 0 Å². The van der Waals surface area contributed by atoms with E-state index >= 15 is 0 Å². The van der Waals surface area contributed by atoms with Gasteiger partial charge in [-0.05, 0) is 55.8 Å². The van der Waals surface area contributed by atoms with Crippen LogP contribution in [0.4, 0.5) is 0 Å². The van der Waals surface area contributed by atoms with Gasteiger partial charge in [-0.1, -0.05) is 18.2 Å². The highest BCUT2D eigenvalue weighted by Gasteiger charge is 2.05. The first kappa shape index (κ1) is 12.2. The number of nitrogens with two attached hydrogens (primary N) is 1. The summed E-state index contributed by atoms with van der Waals surface area (Å²) in [6, 6.07) is 6.54. The summed E-state index contributed by atoms with van der Waals surface area (Å²) in [6.07, 6.45) is 1.97. The highest BCUT2D eigenvalue weighted by molar-refractivity contribution is 5.29. The summed E-state index contributed by atoms with van der Waals surface area (Å²) in [5, 5.41) is 9.02. The molecule has 2 nitrogen and oxygen atoms in total. The molecular weight excluding hydrogens is 186 g/mol. The zero-order chi connectivity index (χ0) is 11.3. The first-order valence-electron chi connectivity index (χ1n) is 5.54. The van der Waals surface area contributed by atoms with E-state index in [1.165, 1.54) is 16.7 Å². The van der Waals surface area contributed by atoms with Crippen molar-refractivity contribution in [3.63, 3.8) is 0 Å². The number of hydrogen-bond acceptors (Lipinski definition) is 2. The fourth-order valence-corrected chi connectivity index (χ4v) is 1.61. The average molecular weight is 207 g/mol. The quantitative estimate of drug-likeness (QED) is 0.773. The van der Waals surface area contributed by atoms with E-state index in [-0.39, 0.29) is 12.5 Å². The molecule has 0 aromatic heterocycles. The molecule has 15 heavy (non-hydrogen) atoms. The van der Waals surface area contributed by atoms with Crippen molar-refractivity contribution in [2.24, 2.45) is 11.7 Å². The molecule has 1 aromatic rings. The van der Waals surface area contributed by atoms with E-state index in [1.54, 1.807) is 0 Å². The summed E-state index contributed by atoms with van der Waals surface area (Å²) in [6.45, 7) is 5.02. The Morgan fingerprint density at radius 1 is 1.27 bits per heavy atom. The summed E-state index contributed by atoms with van der Waals surface area (Å²) in [4.78, 5) is 0. The van der Waals surface area contributed by atoms with Crippen molar-refractivity contribution < 1.29 is 5.11 Å². The molecule has 0 radical (unpaired) electrons. The second kappa shape index (κ2) is 5.89. The second-order valence-corrected chi connectivity index (χ2v) is 4.24. The third-order valence-corrected chi connectivity index (χ3v) is 3.00. The van der Waals surface area contributed by atoms with Crippen molar-refractivity contribution >= 4 is 0 Å². The number of aryl methyl sites for hydroxylation is 3. The predicted octanol–water partition coefficient (Wildman–Crippen LogP) is 1.80. The predicted molar refractivity (Wildman–Crippen MR) is 63.9 cm³/mol. The maximum atomic E-state index is 9.02. The smallest absolute Gasteiger partial charge is 0.0471 e. The summed E-state index contributed by atoms with van der Waals surface area (Å²) in [5.41, 5.74) is 9.54. The minimum atomic E-state index is 0.196. The summed E-state index contributed by atoms with van der Waals surface area (Å²) >= 11 is 0. The normalized spacial score (nSPS) is 12.8. The minimum absolute atomic E-state index is 0.196. The molecule has 2 heteroatoms. The second-order valence-electron chi connectivity index (χ2n) is 4.24. The zero-order valence-electron chi connectivity index (χ0n) is 9.66. The van der Waals surface area contributed by atoms with Crippen LogP contribution in [-0.4, -0.2) is 18.3 Å². The molecular formula is C13H21NO. The van der Waals surface area contributed by atoms with Gasteiger partial charge in [0.1, 0.15) is 0 Å². The highest BCUT2D eigenvalue weighted by atomic mass is 16.3. The lowest BCUT2D eigenvalue weighted by Crippen LogP contribution is -2.18. The van der Waals surface area contributed by atoms with Crippen LogP contribution in [-0.2, 0) is 6.42 Å². The fraction of sp³-hybridized carbons (Fsp3) is 0.538. The van der Waals surface area contributed by atoms with Gasteiger partial charge < -0.3 is 10.8 Å². The topological polar surface area (TPSA) is 46.2 Å². The van der Waals surface area contributed by atoms with Crippen molar-refractivity contribution in [1.82, 2.24) is 0 Å². The maximum Gasteiger partial charge on any atom is 0.0471 e. The lowest BCUT2D eigenvalue weighted by Gasteiger charge is -2.11. The van der Waals surface area contributed by atoms with Crippen LogP contribution >= 0.6 is 0 Å². The highest BCUT2D eigenvalue weighted by Crippen LogP contribution is 2.13. The SMILES string of the molecule is Cc1ccc(CCC(CN)CO)cc1C. The minimum Gasteiger partial charge on any atom is -0.396 e. The molecule has 3 N–H and O–H groups in total. The molecule has 0 saturated heterocycles. The standard InChI is InChI=1S/C13H21NO/c1-10-3-4-12(7-11(10)2)5-6-13(8-14)9-15/h3-4,7,13,15H,5-6,8-9,14H2,1-2H3. The molecule has 84 valence electrons. The van der Waals surface area contributed by atoms with Gasteiger partial charge in [0.2, 0.25) is 0 Å². The number of aliphatic hydroxyl groups is 1. The van der Waals surface area contributed by atoms with Crippen LogP contribution in [0.5, 0.6) is 0 Å². The number of rotatable bonds is 5. The van der Waals surface area contributed by atoms with Gasteiger partial charge in [-0.3, -0.25) is 0 Å². The molecule has 0 heterocycles. The Kier molecular flexibility index (Phi) is 4.79. The van der Waals surface area contributed by atoms with Crippen LogP contribution in [0.15, 0.2) is 18.2 Å². The maximum absolute atomic E-state index is 9.02. The van der Waals surface area contributed by atoms with E-state index in [2.05, 4.69) is 32.0 Å². The Hall–Kier alpha value is -0.860. The third kappa shape index (κ3) is 3.65.